The second kappa shape index (κ2) is 26.9. The zero-order valence-corrected chi connectivity index (χ0v) is 26.1. The third kappa shape index (κ3) is 20.0. The first-order valence-electron chi connectivity index (χ1n) is 17.5. The van der Waals surface area contributed by atoms with Crippen molar-refractivity contribution >= 4 is 0 Å². The van der Waals surface area contributed by atoms with Crippen LogP contribution in [0.25, 0.3) is 0 Å². The predicted octanol–water partition coefficient (Wildman–Crippen LogP) is 12.0. The summed E-state index contributed by atoms with van der Waals surface area (Å²) in [5, 5.41) is 0. The maximum Gasteiger partial charge on any atom is 0.101 e. The molecule has 37 heavy (non-hydrogen) atoms. The van der Waals surface area contributed by atoms with Crippen LogP contribution in [0.3, 0.4) is 0 Å². The van der Waals surface area contributed by atoms with Crippen LogP contribution >= 0.6 is 0 Å². The molecule has 1 aliphatic heterocycles. The van der Waals surface area contributed by atoms with Crippen molar-refractivity contribution in [2.75, 3.05) is 13.1 Å². The molecule has 0 bridgehead atoms. The molecule has 0 amide bonds. The Morgan fingerprint density at radius 1 is 0.351 bits per heavy atom. The van der Waals surface area contributed by atoms with Crippen LogP contribution in [0.4, 0.5) is 0 Å². The van der Waals surface area contributed by atoms with Gasteiger partial charge in [0.2, 0.25) is 0 Å². The minimum Gasteiger partial charge on any atom is -0.356 e. The van der Waals surface area contributed by atoms with E-state index in [0.717, 1.165) is 0 Å². The summed E-state index contributed by atoms with van der Waals surface area (Å²) in [5.74, 6) is 0. The molecule has 0 aromatic rings. The highest BCUT2D eigenvalue weighted by Crippen LogP contribution is 2.22. The monoisotopic (exact) mass is 519 g/mol. The third-order valence-corrected chi connectivity index (χ3v) is 8.55. The minimum absolute atomic E-state index is 0.634. The maximum atomic E-state index is 2.66. The largest absolute Gasteiger partial charge is 0.356 e. The molecular formula is C35H70N2. The highest BCUT2D eigenvalue weighted by atomic mass is 15.4. The van der Waals surface area contributed by atoms with E-state index >= 15 is 0 Å². The molecule has 0 aromatic heterocycles. The van der Waals surface area contributed by atoms with Crippen LogP contribution in [0.2, 0.25) is 0 Å². The number of unbranched alkanes of at least 4 members (excludes halogenated alkanes) is 23. The summed E-state index contributed by atoms with van der Waals surface area (Å²) in [5.41, 5.74) is 0. The molecule has 1 heterocycles. The Morgan fingerprint density at radius 2 is 0.622 bits per heavy atom. The summed E-state index contributed by atoms with van der Waals surface area (Å²) in [6, 6.07) is 0. The molecule has 0 spiro atoms. The van der Waals surface area contributed by atoms with Crippen molar-refractivity contribution in [3.63, 3.8) is 0 Å². The summed E-state index contributed by atoms with van der Waals surface area (Å²) >= 11 is 0. The number of hydrogen-bond acceptors (Lipinski definition) is 2. The van der Waals surface area contributed by atoms with E-state index in [1.165, 1.54) is 186 Å². The Morgan fingerprint density at radius 3 is 0.892 bits per heavy atom. The smallest absolute Gasteiger partial charge is 0.101 e. The number of hydrogen-bond donors (Lipinski definition) is 0. The fourth-order valence-corrected chi connectivity index (χ4v) is 6.04. The molecule has 0 N–H and O–H groups in total. The molecule has 220 valence electrons. The topological polar surface area (TPSA) is 6.48 Å². The second-order valence-corrected chi connectivity index (χ2v) is 12.2. The summed E-state index contributed by atoms with van der Waals surface area (Å²) in [4.78, 5) is 5.31. The molecule has 0 aliphatic carbocycles. The Balaban J connectivity index is 1.97. The lowest BCUT2D eigenvalue weighted by atomic mass is 10.0. The number of nitrogens with zero attached hydrogens (tertiary/aromatic N) is 2. The summed E-state index contributed by atoms with van der Waals surface area (Å²) in [6.45, 7) is 9.48. The average molecular weight is 519 g/mol. The lowest BCUT2D eigenvalue weighted by Crippen LogP contribution is -2.39. The maximum absolute atomic E-state index is 2.66. The van der Waals surface area contributed by atoms with Crippen molar-refractivity contribution < 1.29 is 0 Å². The van der Waals surface area contributed by atoms with Gasteiger partial charge < -0.3 is 9.80 Å². The van der Waals surface area contributed by atoms with Gasteiger partial charge in [-0.05, 0) is 19.3 Å². The molecular weight excluding hydrogens is 448 g/mol. The fourth-order valence-electron chi connectivity index (χ4n) is 6.04. The van der Waals surface area contributed by atoms with Crippen molar-refractivity contribution in [3.8, 4) is 0 Å². The lowest BCUT2D eigenvalue weighted by molar-refractivity contribution is 0.138. The first kappa shape index (κ1) is 34.4. The van der Waals surface area contributed by atoms with E-state index in [0.29, 0.717) is 6.17 Å². The molecule has 1 aliphatic rings. The molecule has 1 unspecified atom stereocenters. The Hall–Kier alpha value is -0.660. The van der Waals surface area contributed by atoms with Gasteiger partial charge in [0.1, 0.15) is 6.17 Å². The lowest BCUT2D eigenvalue weighted by Gasteiger charge is -2.33. The van der Waals surface area contributed by atoms with Gasteiger partial charge in [0.15, 0.2) is 0 Å². The SMILES string of the molecule is CCCCCCCCCCCCCCCCN1C=CN(CCCCCCCCCCCCC)C1CCC. The van der Waals surface area contributed by atoms with E-state index in [2.05, 4.69) is 43.0 Å². The summed E-state index contributed by atoms with van der Waals surface area (Å²) in [7, 11) is 0. The van der Waals surface area contributed by atoms with E-state index < -0.39 is 0 Å². The van der Waals surface area contributed by atoms with E-state index in [-0.39, 0.29) is 0 Å². The average Bonchev–Trinajstić information content (AvgIpc) is 3.28. The molecule has 0 fully saturated rings. The number of rotatable bonds is 29. The highest BCUT2D eigenvalue weighted by Gasteiger charge is 2.24. The van der Waals surface area contributed by atoms with Gasteiger partial charge in [0, 0.05) is 25.5 Å². The summed E-state index contributed by atoms with van der Waals surface area (Å²) < 4.78 is 0. The second-order valence-electron chi connectivity index (χ2n) is 12.2. The first-order valence-corrected chi connectivity index (χ1v) is 17.5. The molecule has 0 saturated heterocycles. The molecule has 1 rings (SSSR count). The van der Waals surface area contributed by atoms with Crippen LogP contribution in [0.1, 0.15) is 194 Å². The van der Waals surface area contributed by atoms with Gasteiger partial charge in [-0.3, -0.25) is 0 Å². The van der Waals surface area contributed by atoms with E-state index in [9.17, 15) is 0 Å². The predicted molar refractivity (Wildman–Crippen MR) is 168 cm³/mol. The van der Waals surface area contributed by atoms with Crippen LogP contribution in [0, 0.1) is 0 Å². The van der Waals surface area contributed by atoms with Crippen LogP contribution in [0.5, 0.6) is 0 Å². The van der Waals surface area contributed by atoms with Gasteiger partial charge in [0.05, 0.1) is 0 Å². The Bertz CT molecular complexity index is 474. The molecule has 0 aromatic carbocycles. The normalized spacial score (nSPS) is 15.4. The van der Waals surface area contributed by atoms with Crippen molar-refractivity contribution in [1.29, 1.82) is 0 Å². The zero-order chi connectivity index (χ0) is 26.7. The van der Waals surface area contributed by atoms with Crippen molar-refractivity contribution in [2.24, 2.45) is 0 Å². The van der Waals surface area contributed by atoms with Crippen molar-refractivity contribution in [1.82, 2.24) is 9.80 Å². The van der Waals surface area contributed by atoms with Crippen molar-refractivity contribution in [2.45, 2.75) is 200 Å². The molecule has 0 saturated carbocycles. The quantitative estimate of drug-likeness (QED) is 0.0908. The zero-order valence-electron chi connectivity index (χ0n) is 26.1. The first-order chi connectivity index (χ1) is 18.3. The Kier molecular flexibility index (Phi) is 25.0. The van der Waals surface area contributed by atoms with Gasteiger partial charge in [-0.25, -0.2) is 0 Å². The van der Waals surface area contributed by atoms with Gasteiger partial charge in [0.25, 0.3) is 0 Å². The summed E-state index contributed by atoms with van der Waals surface area (Å²) in [6.07, 6.45) is 44.0. The standard InChI is InChI=1S/C35H70N2/c1-4-7-9-11-13-15-17-18-19-21-23-25-27-29-32-37-34-33-36(35(37)30-6-3)31-28-26-24-22-20-16-14-12-10-8-5-2/h33-35H,4-32H2,1-3H3. The van der Waals surface area contributed by atoms with Crippen LogP contribution in [0.15, 0.2) is 12.4 Å². The van der Waals surface area contributed by atoms with E-state index in [4.69, 9.17) is 0 Å². The van der Waals surface area contributed by atoms with Crippen LogP contribution in [-0.2, 0) is 0 Å². The highest BCUT2D eigenvalue weighted by molar-refractivity contribution is 4.96. The van der Waals surface area contributed by atoms with Gasteiger partial charge in [-0.2, -0.15) is 0 Å². The van der Waals surface area contributed by atoms with Crippen molar-refractivity contribution in [3.05, 3.63) is 12.4 Å². The molecule has 2 heteroatoms. The fraction of sp³-hybridized carbons (Fsp3) is 0.943. The van der Waals surface area contributed by atoms with E-state index in [1.54, 1.807) is 0 Å². The molecule has 2 nitrogen and oxygen atoms in total. The van der Waals surface area contributed by atoms with Crippen LogP contribution < -0.4 is 0 Å². The minimum atomic E-state index is 0.634. The third-order valence-electron chi connectivity index (χ3n) is 8.55. The van der Waals surface area contributed by atoms with Gasteiger partial charge in [-0.15, -0.1) is 0 Å². The molecule has 0 radical (unpaired) electrons. The van der Waals surface area contributed by atoms with Crippen LogP contribution in [-0.4, -0.2) is 29.1 Å². The Labute approximate surface area is 235 Å². The van der Waals surface area contributed by atoms with E-state index in [1.807, 2.05) is 0 Å². The van der Waals surface area contributed by atoms with Gasteiger partial charge in [-0.1, -0.05) is 175 Å². The molecule has 1 atom stereocenters. The van der Waals surface area contributed by atoms with Gasteiger partial charge >= 0.3 is 0 Å².